The number of imidazole rings is 1. The number of nitrogens with one attached hydrogen (secondary N) is 2. The van der Waals surface area contributed by atoms with Crippen LogP contribution in [0.15, 0.2) is 84.2 Å². The molecule has 9 heteroatoms. The van der Waals surface area contributed by atoms with Crippen molar-refractivity contribution in [3.05, 3.63) is 117 Å². The lowest BCUT2D eigenvalue weighted by Gasteiger charge is -2.09. The smallest absolute Gasteiger partial charge is 0.270 e. The Labute approximate surface area is 212 Å². The van der Waals surface area contributed by atoms with Crippen LogP contribution in [0, 0.1) is 10.1 Å². The van der Waals surface area contributed by atoms with Crippen LogP contribution in [-0.4, -0.2) is 37.2 Å². The number of aliphatic imine (C=N–C) groups is 1. The molecule has 5 aromatic rings. The lowest BCUT2D eigenvalue weighted by molar-refractivity contribution is -0.384. The van der Waals surface area contributed by atoms with Crippen LogP contribution in [0.1, 0.15) is 27.9 Å². The molecule has 184 valence electrons. The van der Waals surface area contributed by atoms with Crippen molar-refractivity contribution in [1.29, 1.82) is 0 Å². The van der Waals surface area contributed by atoms with Crippen LogP contribution >= 0.6 is 0 Å². The molecule has 0 bridgehead atoms. The van der Waals surface area contributed by atoms with Gasteiger partial charge in [-0.3, -0.25) is 10.1 Å². The number of hydrogen-bond donors (Lipinski definition) is 4. The van der Waals surface area contributed by atoms with Gasteiger partial charge in [0.1, 0.15) is 0 Å². The van der Waals surface area contributed by atoms with E-state index in [1.807, 2.05) is 60.7 Å². The van der Waals surface area contributed by atoms with Crippen molar-refractivity contribution in [1.82, 2.24) is 15.0 Å². The average Bonchev–Trinajstić information content (AvgIpc) is 3.54. The van der Waals surface area contributed by atoms with Gasteiger partial charge in [0.15, 0.2) is 5.88 Å². The summed E-state index contributed by atoms with van der Waals surface area (Å²) in [6, 6.07) is 19.8. The predicted molar refractivity (Wildman–Crippen MR) is 145 cm³/mol. The molecule has 0 aliphatic rings. The summed E-state index contributed by atoms with van der Waals surface area (Å²) in [6.45, 7) is 0.536. The first kappa shape index (κ1) is 23.7. The van der Waals surface area contributed by atoms with Gasteiger partial charge in [0.2, 0.25) is 0 Å². The van der Waals surface area contributed by atoms with Gasteiger partial charge in [-0.25, -0.2) is 9.98 Å². The van der Waals surface area contributed by atoms with Crippen molar-refractivity contribution in [2.24, 2.45) is 10.7 Å². The Bertz CT molecular complexity index is 1600. The van der Waals surface area contributed by atoms with Gasteiger partial charge in [-0.2, -0.15) is 0 Å². The van der Waals surface area contributed by atoms with Gasteiger partial charge in [0.05, 0.1) is 40.1 Å². The van der Waals surface area contributed by atoms with Crippen LogP contribution in [0.5, 0.6) is 5.88 Å². The maximum Gasteiger partial charge on any atom is 0.270 e. The number of rotatable bonds is 8. The fraction of sp³-hybridized carbons (Fsp3) is 0.0714. The van der Waals surface area contributed by atoms with E-state index in [1.54, 1.807) is 18.6 Å². The highest BCUT2D eigenvalue weighted by atomic mass is 16.6. The van der Waals surface area contributed by atoms with Crippen molar-refractivity contribution < 1.29 is 10.0 Å². The molecule has 37 heavy (non-hydrogen) atoms. The summed E-state index contributed by atoms with van der Waals surface area (Å²) in [5.41, 5.74) is 11.5. The van der Waals surface area contributed by atoms with Crippen molar-refractivity contribution in [2.75, 3.05) is 6.54 Å². The third-order valence-corrected chi connectivity index (χ3v) is 5.98. The average molecular weight is 493 g/mol. The number of hydrogen-bond acceptors (Lipinski definition) is 6. The van der Waals surface area contributed by atoms with Crippen LogP contribution in [0.3, 0.4) is 0 Å². The molecule has 0 saturated carbocycles. The van der Waals surface area contributed by atoms with E-state index in [2.05, 4.69) is 15.0 Å². The van der Waals surface area contributed by atoms with Gasteiger partial charge in [-0.15, -0.1) is 0 Å². The molecule has 9 nitrogen and oxygen atoms in total. The SMILES string of the molecule is NCCc1ccc(C(=Nc2ccc(C=Cc3cnc[nH]3)cc2)c2c(O)[nH]c3ccc([N+](=O)[O-])cc23)cc1. The van der Waals surface area contributed by atoms with Crippen LogP contribution in [0.4, 0.5) is 11.4 Å². The number of fused-ring (bicyclic) bond motifs is 1. The predicted octanol–water partition coefficient (Wildman–Crippen LogP) is 5.35. The van der Waals surface area contributed by atoms with Gasteiger partial charge in [-0.1, -0.05) is 42.5 Å². The highest BCUT2D eigenvalue weighted by Crippen LogP contribution is 2.33. The first-order chi connectivity index (χ1) is 18.0. The molecular weight excluding hydrogens is 468 g/mol. The first-order valence-corrected chi connectivity index (χ1v) is 11.7. The van der Waals surface area contributed by atoms with Gasteiger partial charge < -0.3 is 20.8 Å². The third kappa shape index (κ3) is 5.16. The van der Waals surface area contributed by atoms with Crippen LogP contribution in [-0.2, 0) is 6.42 Å². The standard InChI is InChI=1S/C28H24N6O3/c29-14-13-19-1-6-20(7-2-19)27(26-24-15-23(34(36)37)11-12-25(24)33-28(26)35)32-21-8-3-18(4-9-21)5-10-22-16-30-17-31-22/h1-12,15-17,33,35H,13-14,29H2,(H,30,31). The van der Waals surface area contributed by atoms with Crippen molar-refractivity contribution >= 4 is 40.1 Å². The minimum Gasteiger partial charge on any atom is -0.494 e. The second kappa shape index (κ2) is 10.3. The summed E-state index contributed by atoms with van der Waals surface area (Å²) < 4.78 is 0. The van der Waals surface area contributed by atoms with E-state index >= 15 is 0 Å². The van der Waals surface area contributed by atoms with Crippen molar-refractivity contribution in [3.8, 4) is 5.88 Å². The maximum atomic E-state index is 11.4. The number of nitrogens with two attached hydrogens (primary N) is 1. The molecule has 0 aliphatic carbocycles. The summed E-state index contributed by atoms with van der Waals surface area (Å²) in [5, 5.41) is 22.8. The second-order valence-electron chi connectivity index (χ2n) is 8.46. The number of aromatic hydroxyl groups is 1. The van der Waals surface area contributed by atoms with E-state index in [-0.39, 0.29) is 11.6 Å². The zero-order chi connectivity index (χ0) is 25.8. The zero-order valence-corrected chi connectivity index (χ0v) is 19.8. The Hall–Kier alpha value is -5.02. The minimum atomic E-state index is -0.457. The van der Waals surface area contributed by atoms with E-state index in [9.17, 15) is 15.2 Å². The molecule has 3 aromatic carbocycles. The Morgan fingerprint density at radius 1 is 1.08 bits per heavy atom. The molecule has 5 N–H and O–H groups in total. The number of benzene rings is 3. The normalized spacial score (nSPS) is 12.0. The Morgan fingerprint density at radius 3 is 2.54 bits per heavy atom. The van der Waals surface area contributed by atoms with E-state index < -0.39 is 4.92 Å². The van der Waals surface area contributed by atoms with Gasteiger partial charge in [0, 0.05) is 28.6 Å². The minimum absolute atomic E-state index is 0.0706. The number of non-ortho nitro benzene ring substituents is 1. The molecule has 0 spiro atoms. The summed E-state index contributed by atoms with van der Waals surface area (Å²) in [5.74, 6) is -0.112. The van der Waals surface area contributed by atoms with Crippen LogP contribution in [0.25, 0.3) is 23.1 Å². The largest absolute Gasteiger partial charge is 0.494 e. The number of nitrogens with zero attached hydrogens (tertiary/aromatic N) is 3. The summed E-state index contributed by atoms with van der Waals surface area (Å²) >= 11 is 0. The molecule has 0 radical (unpaired) electrons. The van der Waals surface area contributed by atoms with Crippen molar-refractivity contribution in [2.45, 2.75) is 6.42 Å². The number of nitro benzene ring substituents is 1. The monoisotopic (exact) mass is 492 g/mol. The number of nitro groups is 1. The molecule has 0 unspecified atom stereocenters. The lowest BCUT2D eigenvalue weighted by atomic mass is 9.98. The molecule has 0 amide bonds. The van der Waals surface area contributed by atoms with Crippen LogP contribution < -0.4 is 5.73 Å². The highest BCUT2D eigenvalue weighted by Gasteiger charge is 2.21. The lowest BCUT2D eigenvalue weighted by Crippen LogP contribution is -2.05. The third-order valence-electron chi connectivity index (χ3n) is 5.98. The van der Waals surface area contributed by atoms with E-state index in [0.717, 1.165) is 28.8 Å². The summed E-state index contributed by atoms with van der Waals surface area (Å²) in [4.78, 5) is 25.8. The molecule has 0 saturated heterocycles. The van der Waals surface area contributed by atoms with Crippen LogP contribution in [0.2, 0.25) is 0 Å². The molecule has 0 aliphatic heterocycles. The number of H-pyrrole nitrogens is 2. The summed E-state index contributed by atoms with van der Waals surface area (Å²) in [6.07, 6.45) is 7.98. The zero-order valence-electron chi connectivity index (χ0n) is 19.8. The molecule has 2 heterocycles. The van der Waals surface area contributed by atoms with Crippen molar-refractivity contribution in [3.63, 3.8) is 0 Å². The molecule has 0 atom stereocenters. The van der Waals surface area contributed by atoms with Gasteiger partial charge in [-0.05, 0) is 48.4 Å². The maximum absolute atomic E-state index is 11.4. The molecule has 2 aromatic heterocycles. The number of aromatic amines is 2. The van der Waals surface area contributed by atoms with Gasteiger partial charge in [0.25, 0.3) is 5.69 Å². The number of aromatic nitrogens is 3. The first-order valence-electron chi connectivity index (χ1n) is 11.7. The second-order valence-corrected chi connectivity index (χ2v) is 8.46. The Balaban J connectivity index is 1.60. The topological polar surface area (TPSA) is 146 Å². The molecule has 5 rings (SSSR count). The van der Waals surface area contributed by atoms with E-state index in [1.165, 1.54) is 12.1 Å². The summed E-state index contributed by atoms with van der Waals surface area (Å²) in [7, 11) is 0. The van der Waals surface area contributed by atoms with E-state index in [4.69, 9.17) is 10.7 Å². The molecular formula is C28H24N6O3. The fourth-order valence-corrected chi connectivity index (χ4v) is 4.11. The Morgan fingerprint density at radius 2 is 1.86 bits per heavy atom. The highest BCUT2D eigenvalue weighted by molar-refractivity contribution is 6.22. The molecule has 0 fully saturated rings. The van der Waals surface area contributed by atoms with Gasteiger partial charge >= 0.3 is 0 Å². The Kier molecular flexibility index (Phi) is 6.60. The quantitative estimate of drug-likeness (QED) is 0.131. The fourth-order valence-electron chi connectivity index (χ4n) is 4.11. The van der Waals surface area contributed by atoms with E-state index in [0.29, 0.717) is 34.4 Å².